The number of aliphatic hydroxyl groups excluding tert-OH is 1. The van der Waals surface area contributed by atoms with Gasteiger partial charge in [0.25, 0.3) is 0 Å². The Hall–Kier alpha value is -0.120. The predicted octanol–water partition coefficient (Wildman–Crippen LogP) is 3.53. The molecule has 7 atom stereocenters. The molecule has 3 nitrogen and oxygen atoms in total. The van der Waals surface area contributed by atoms with Crippen molar-refractivity contribution in [1.29, 1.82) is 0 Å². The van der Waals surface area contributed by atoms with E-state index in [1.165, 1.54) is 25.9 Å². The smallest absolute Gasteiger partial charge is 0.107 e. The van der Waals surface area contributed by atoms with Gasteiger partial charge in [0.15, 0.2) is 0 Å². The van der Waals surface area contributed by atoms with E-state index in [2.05, 4.69) is 51.5 Å². The van der Waals surface area contributed by atoms with Gasteiger partial charge in [0.05, 0.1) is 0 Å². The molecule has 0 radical (unpaired) electrons. The number of likely N-dealkylation sites (tertiary alicyclic amines) is 2. The van der Waals surface area contributed by atoms with Gasteiger partial charge in [-0.1, -0.05) is 34.6 Å². The summed E-state index contributed by atoms with van der Waals surface area (Å²) in [7, 11) is 2.29. The zero-order valence-electron chi connectivity index (χ0n) is 16.8. The third kappa shape index (κ3) is 3.83. The molecule has 3 rings (SSSR count). The second-order valence-corrected chi connectivity index (χ2v) is 9.99. The number of rotatable bonds is 6. The van der Waals surface area contributed by atoms with Crippen molar-refractivity contribution in [3.63, 3.8) is 0 Å². The molecule has 2 saturated heterocycles. The SMILES string of the molecule is CC(C)C1CC(O)N(C2CC2CC(C)C2CN(C)CC2C(C)C)C1. The summed E-state index contributed by atoms with van der Waals surface area (Å²) in [6.07, 6.45) is 3.49. The first kappa shape index (κ1) is 18.7. The van der Waals surface area contributed by atoms with Crippen LogP contribution in [0.25, 0.3) is 0 Å². The van der Waals surface area contributed by atoms with Gasteiger partial charge in [-0.05, 0) is 67.7 Å². The predicted molar refractivity (Wildman–Crippen MR) is 101 cm³/mol. The zero-order valence-corrected chi connectivity index (χ0v) is 16.8. The van der Waals surface area contributed by atoms with E-state index in [1.54, 1.807) is 0 Å². The van der Waals surface area contributed by atoms with Crippen molar-refractivity contribution < 1.29 is 5.11 Å². The number of hydrogen-bond acceptors (Lipinski definition) is 3. The molecule has 7 unspecified atom stereocenters. The fraction of sp³-hybridized carbons (Fsp3) is 1.00. The maximum absolute atomic E-state index is 10.5. The highest BCUT2D eigenvalue weighted by molar-refractivity contribution is 5.01. The van der Waals surface area contributed by atoms with Crippen LogP contribution in [0, 0.1) is 41.4 Å². The van der Waals surface area contributed by atoms with Crippen LogP contribution in [0.15, 0.2) is 0 Å². The molecule has 0 aromatic heterocycles. The minimum absolute atomic E-state index is 0.177. The second kappa shape index (κ2) is 7.25. The van der Waals surface area contributed by atoms with Crippen LogP contribution in [-0.4, -0.2) is 53.9 Å². The standard InChI is InChI=1S/C21H40N2O/c1-13(2)17-9-21(24)23(10-17)20-8-16(20)7-15(5)19-12-22(6)11-18(19)14(3)4/h13-21,24H,7-12H2,1-6H3. The summed E-state index contributed by atoms with van der Waals surface area (Å²) in [4.78, 5) is 4.97. The molecule has 3 heteroatoms. The molecule has 0 spiro atoms. The zero-order chi connectivity index (χ0) is 17.6. The molecular formula is C21H40N2O. The number of nitrogens with zero attached hydrogens (tertiary/aromatic N) is 2. The highest BCUT2D eigenvalue weighted by Gasteiger charge is 2.49. The summed E-state index contributed by atoms with van der Waals surface area (Å²) >= 11 is 0. The van der Waals surface area contributed by atoms with E-state index in [-0.39, 0.29) is 6.23 Å². The molecule has 1 saturated carbocycles. The van der Waals surface area contributed by atoms with Crippen LogP contribution in [-0.2, 0) is 0 Å². The van der Waals surface area contributed by atoms with Crippen LogP contribution >= 0.6 is 0 Å². The van der Waals surface area contributed by atoms with Gasteiger partial charge < -0.3 is 10.0 Å². The van der Waals surface area contributed by atoms with E-state index in [1.807, 2.05) is 0 Å². The Labute approximate surface area is 149 Å². The molecule has 0 bridgehead atoms. The molecular weight excluding hydrogens is 296 g/mol. The Kier molecular flexibility index (Phi) is 5.64. The minimum Gasteiger partial charge on any atom is -0.378 e. The third-order valence-electron chi connectivity index (χ3n) is 7.45. The third-order valence-corrected chi connectivity index (χ3v) is 7.45. The van der Waals surface area contributed by atoms with Crippen LogP contribution in [0.4, 0.5) is 0 Å². The van der Waals surface area contributed by atoms with Crippen LogP contribution in [0.2, 0.25) is 0 Å². The van der Waals surface area contributed by atoms with Crippen molar-refractivity contribution in [1.82, 2.24) is 9.80 Å². The van der Waals surface area contributed by atoms with Gasteiger partial charge in [0.2, 0.25) is 0 Å². The first-order chi connectivity index (χ1) is 11.3. The summed E-state index contributed by atoms with van der Waals surface area (Å²) in [5.41, 5.74) is 0. The summed E-state index contributed by atoms with van der Waals surface area (Å²) in [5, 5.41) is 10.5. The van der Waals surface area contributed by atoms with Crippen LogP contribution < -0.4 is 0 Å². The van der Waals surface area contributed by atoms with Gasteiger partial charge in [-0.3, -0.25) is 4.90 Å². The van der Waals surface area contributed by atoms with E-state index in [4.69, 9.17) is 0 Å². The molecule has 3 aliphatic rings. The quantitative estimate of drug-likeness (QED) is 0.804. The van der Waals surface area contributed by atoms with Gasteiger partial charge >= 0.3 is 0 Å². The number of hydrogen-bond donors (Lipinski definition) is 1. The lowest BCUT2D eigenvalue weighted by Crippen LogP contribution is -2.33. The lowest BCUT2D eigenvalue weighted by atomic mass is 9.77. The monoisotopic (exact) mass is 336 g/mol. The molecule has 0 aromatic rings. The van der Waals surface area contributed by atoms with Gasteiger partial charge in [0, 0.05) is 25.7 Å². The average Bonchev–Trinajstić information content (AvgIpc) is 2.93. The first-order valence-electron chi connectivity index (χ1n) is 10.4. The molecule has 1 aliphatic carbocycles. The maximum Gasteiger partial charge on any atom is 0.107 e. The molecule has 140 valence electrons. The van der Waals surface area contributed by atoms with Crippen LogP contribution in [0.5, 0.6) is 0 Å². The molecule has 24 heavy (non-hydrogen) atoms. The molecule has 2 heterocycles. The normalized spacial score (nSPS) is 42.4. The average molecular weight is 337 g/mol. The van der Waals surface area contributed by atoms with E-state index in [9.17, 15) is 5.11 Å². The summed E-state index contributed by atoms with van der Waals surface area (Å²) in [5.74, 6) is 5.56. The number of aliphatic hydroxyl groups is 1. The lowest BCUT2D eigenvalue weighted by molar-refractivity contribution is 0.0279. The first-order valence-corrected chi connectivity index (χ1v) is 10.4. The van der Waals surface area contributed by atoms with Gasteiger partial charge in [-0.2, -0.15) is 0 Å². The topological polar surface area (TPSA) is 26.7 Å². The Morgan fingerprint density at radius 2 is 1.58 bits per heavy atom. The van der Waals surface area contributed by atoms with Gasteiger partial charge in [0.1, 0.15) is 6.23 Å². The van der Waals surface area contributed by atoms with Gasteiger partial charge in [-0.15, -0.1) is 0 Å². The van der Waals surface area contributed by atoms with E-state index in [0.717, 1.165) is 42.6 Å². The van der Waals surface area contributed by atoms with E-state index >= 15 is 0 Å². The summed E-state index contributed by atoms with van der Waals surface area (Å²) in [6.45, 7) is 15.6. The molecule has 0 amide bonds. The maximum atomic E-state index is 10.5. The minimum atomic E-state index is -0.177. The van der Waals surface area contributed by atoms with Crippen molar-refractivity contribution in [3.8, 4) is 0 Å². The Morgan fingerprint density at radius 3 is 2.17 bits per heavy atom. The molecule has 2 aliphatic heterocycles. The summed E-state index contributed by atoms with van der Waals surface area (Å²) in [6, 6.07) is 0.669. The lowest BCUT2D eigenvalue weighted by Gasteiger charge is -2.28. The Balaban J connectivity index is 1.51. The van der Waals surface area contributed by atoms with Crippen molar-refractivity contribution in [2.24, 2.45) is 41.4 Å². The largest absolute Gasteiger partial charge is 0.378 e. The van der Waals surface area contributed by atoms with Crippen molar-refractivity contribution >= 4 is 0 Å². The fourth-order valence-corrected chi connectivity index (χ4v) is 5.63. The second-order valence-electron chi connectivity index (χ2n) is 9.99. The highest BCUT2D eigenvalue weighted by Crippen LogP contribution is 2.47. The molecule has 0 aromatic carbocycles. The van der Waals surface area contributed by atoms with E-state index in [0.29, 0.717) is 17.9 Å². The highest BCUT2D eigenvalue weighted by atomic mass is 16.3. The Morgan fingerprint density at radius 1 is 0.917 bits per heavy atom. The van der Waals surface area contributed by atoms with Crippen molar-refractivity contribution in [3.05, 3.63) is 0 Å². The van der Waals surface area contributed by atoms with Gasteiger partial charge in [-0.25, -0.2) is 0 Å². The van der Waals surface area contributed by atoms with Crippen LogP contribution in [0.1, 0.15) is 53.9 Å². The van der Waals surface area contributed by atoms with Crippen LogP contribution in [0.3, 0.4) is 0 Å². The summed E-state index contributed by atoms with van der Waals surface area (Å²) < 4.78 is 0. The van der Waals surface area contributed by atoms with Crippen molar-refractivity contribution in [2.45, 2.75) is 66.2 Å². The fourth-order valence-electron chi connectivity index (χ4n) is 5.63. The van der Waals surface area contributed by atoms with E-state index < -0.39 is 0 Å². The molecule has 1 N–H and O–H groups in total. The Bertz CT molecular complexity index is 424. The molecule has 3 fully saturated rings. The van der Waals surface area contributed by atoms with Crippen molar-refractivity contribution in [2.75, 3.05) is 26.7 Å².